The highest BCUT2D eigenvalue weighted by Gasteiger charge is 2.43. The van der Waals surface area contributed by atoms with Crippen LogP contribution in [0, 0.1) is 23.4 Å². The van der Waals surface area contributed by atoms with Crippen LogP contribution in [0.1, 0.15) is 6.42 Å². The average molecular weight is 306 g/mol. The van der Waals surface area contributed by atoms with Gasteiger partial charge in [0.1, 0.15) is 17.5 Å². The number of halogens is 3. The predicted molar refractivity (Wildman–Crippen MR) is 65.0 cm³/mol. The molecule has 2 saturated heterocycles. The standard InChI is InChI=1S/C12H13F3N2O2S/c13-8-3-9(14)12(10(15)4-8)20(18,19)17-5-7-1-2-16-11(7)6-17/h3-4,7,11,16H,1-2,5-6H2/t7-,11+/m0/s1. The summed E-state index contributed by atoms with van der Waals surface area (Å²) >= 11 is 0. The molecule has 110 valence electrons. The first-order chi connectivity index (χ1) is 9.39. The number of rotatable bonds is 2. The van der Waals surface area contributed by atoms with Crippen LogP contribution >= 0.6 is 0 Å². The van der Waals surface area contributed by atoms with Gasteiger partial charge in [-0.15, -0.1) is 0 Å². The second-order valence-electron chi connectivity index (χ2n) is 5.13. The molecule has 0 amide bonds. The van der Waals surface area contributed by atoms with Crippen molar-refractivity contribution in [1.29, 1.82) is 0 Å². The quantitative estimate of drug-likeness (QED) is 0.890. The molecule has 0 radical (unpaired) electrons. The van der Waals surface area contributed by atoms with E-state index in [-0.39, 0.29) is 25.0 Å². The third kappa shape index (κ3) is 2.11. The molecule has 2 heterocycles. The van der Waals surface area contributed by atoms with Crippen molar-refractivity contribution in [3.05, 3.63) is 29.6 Å². The Hall–Kier alpha value is -1.12. The van der Waals surface area contributed by atoms with Gasteiger partial charge in [-0.05, 0) is 18.9 Å². The molecule has 20 heavy (non-hydrogen) atoms. The molecule has 0 aliphatic carbocycles. The van der Waals surface area contributed by atoms with Gasteiger partial charge in [0.25, 0.3) is 0 Å². The van der Waals surface area contributed by atoms with Crippen LogP contribution in [-0.4, -0.2) is 38.4 Å². The van der Waals surface area contributed by atoms with E-state index in [1.165, 1.54) is 0 Å². The largest absolute Gasteiger partial charge is 0.312 e. The Bertz CT molecular complexity index is 615. The molecule has 0 saturated carbocycles. The predicted octanol–water partition coefficient (Wildman–Crippen LogP) is 1.09. The van der Waals surface area contributed by atoms with E-state index in [0.29, 0.717) is 12.1 Å². The summed E-state index contributed by atoms with van der Waals surface area (Å²) in [4.78, 5) is -1.07. The molecule has 1 N–H and O–H groups in total. The number of hydrogen-bond donors (Lipinski definition) is 1. The van der Waals surface area contributed by atoms with E-state index in [2.05, 4.69) is 5.32 Å². The number of sulfonamides is 1. The highest BCUT2D eigenvalue weighted by Crippen LogP contribution is 2.31. The van der Waals surface area contributed by atoms with E-state index < -0.39 is 32.4 Å². The van der Waals surface area contributed by atoms with Crippen LogP contribution in [0.3, 0.4) is 0 Å². The molecule has 1 aromatic carbocycles. The Morgan fingerprint density at radius 1 is 1.15 bits per heavy atom. The smallest absolute Gasteiger partial charge is 0.248 e. The highest BCUT2D eigenvalue weighted by atomic mass is 32.2. The fourth-order valence-electron chi connectivity index (χ4n) is 2.91. The van der Waals surface area contributed by atoms with E-state index in [9.17, 15) is 21.6 Å². The third-order valence-electron chi connectivity index (χ3n) is 3.89. The van der Waals surface area contributed by atoms with Crippen LogP contribution in [0.4, 0.5) is 13.2 Å². The molecule has 3 rings (SSSR count). The molecule has 2 aliphatic heterocycles. The number of nitrogens with one attached hydrogen (secondary N) is 1. The third-order valence-corrected chi connectivity index (χ3v) is 5.77. The second-order valence-corrected chi connectivity index (χ2v) is 7.00. The molecule has 8 heteroatoms. The van der Waals surface area contributed by atoms with Gasteiger partial charge in [-0.2, -0.15) is 4.31 Å². The summed E-state index contributed by atoms with van der Waals surface area (Å²) in [5.74, 6) is -3.77. The monoisotopic (exact) mass is 306 g/mol. The van der Waals surface area contributed by atoms with Crippen molar-refractivity contribution in [2.24, 2.45) is 5.92 Å². The van der Waals surface area contributed by atoms with Gasteiger partial charge in [0, 0.05) is 31.3 Å². The Morgan fingerprint density at radius 2 is 1.80 bits per heavy atom. The average Bonchev–Trinajstić information content (AvgIpc) is 2.85. The molecule has 2 atom stereocenters. The Balaban J connectivity index is 1.97. The van der Waals surface area contributed by atoms with Gasteiger partial charge >= 0.3 is 0 Å². The molecular formula is C12H13F3N2O2S. The maximum atomic E-state index is 13.6. The Morgan fingerprint density at radius 3 is 2.40 bits per heavy atom. The topological polar surface area (TPSA) is 49.4 Å². The van der Waals surface area contributed by atoms with Crippen LogP contribution in [0.25, 0.3) is 0 Å². The fourth-order valence-corrected chi connectivity index (χ4v) is 4.52. The zero-order chi connectivity index (χ0) is 14.5. The van der Waals surface area contributed by atoms with Crippen molar-refractivity contribution in [2.45, 2.75) is 17.4 Å². The first-order valence-corrected chi connectivity index (χ1v) is 7.71. The van der Waals surface area contributed by atoms with Gasteiger partial charge < -0.3 is 5.32 Å². The number of hydrogen-bond acceptors (Lipinski definition) is 3. The molecular weight excluding hydrogens is 293 g/mol. The molecule has 0 spiro atoms. The van der Waals surface area contributed by atoms with Crippen molar-refractivity contribution in [3.8, 4) is 0 Å². The lowest BCUT2D eigenvalue weighted by Crippen LogP contribution is -2.34. The fraction of sp³-hybridized carbons (Fsp3) is 0.500. The van der Waals surface area contributed by atoms with Crippen LogP contribution in [0.2, 0.25) is 0 Å². The minimum atomic E-state index is -4.28. The normalized spacial score (nSPS) is 26.9. The maximum absolute atomic E-state index is 13.6. The molecule has 0 bridgehead atoms. The first kappa shape index (κ1) is 13.8. The summed E-state index contributed by atoms with van der Waals surface area (Å²) in [6.45, 7) is 1.24. The van der Waals surface area contributed by atoms with Crippen LogP contribution in [0.15, 0.2) is 17.0 Å². The minimum absolute atomic E-state index is 0.0244. The Labute approximate surface area is 114 Å². The van der Waals surface area contributed by atoms with E-state index in [1.54, 1.807) is 0 Å². The van der Waals surface area contributed by atoms with Gasteiger partial charge in [-0.3, -0.25) is 0 Å². The zero-order valence-electron chi connectivity index (χ0n) is 10.4. The van der Waals surface area contributed by atoms with Crippen molar-refractivity contribution in [2.75, 3.05) is 19.6 Å². The number of nitrogens with zero attached hydrogens (tertiary/aromatic N) is 1. The number of benzene rings is 1. The molecule has 2 aliphatic rings. The van der Waals surface area contributed by atoms with Gasteiger partial charge in [-0.1, -0.05) is 0 Å². The first-order valence-electron chi connectivity index (χ1n) is 6.27. The lowest BCUT2D eigenvalue weighted by Gasteiger charge is -2.18. The lowest BCUT2D eigenvalue weighted by atomic mass is 10.1. The van der Waals surface area contributed by atoms with E-state index in [4.69, 9.17) is 0 Å². The van der Waals surface area contributed by atoms with Gasteiger partial charge in [0.05, 0.1) is 0 Å². The summed E-state index contributed by atoms with van der Waals surface area (Å²) in [5, 5.41) is 3.16. The van der Waals surface area contributed by atoms with Crippen molar-refractivity contribution >= 4 is 10.0 Å². The molecule has 1 aromatic rings. The van der Waals surface area contributed by atoms with Crippen LogP contribution < -0.4 is 5.32 Å². The van der Waals surface area contributed by atoms with Gasteiger partial charge in [0.15, 0.2) is 4.90 Å². The SMILES string of the molecule is O=S(=O)(c1c(F)cc(F)cc1F)N1C[C@@H]2CCN[C@@H]2C1. The van der Waals surface area contributed by atoms with Gasteiger partial charge in [0.2, 0.25) is 10.0 Å². The van der Waals surface area contributed by atoms with E-state index in [1.807, 2.05) is 0 Å². The summed E-state index contributed by atoms with van der Waals surface area (Å²) < 4.78 is 65.9. The summed E-state index contributed by atoms with van der Waals surface area (Å²) in [6, 6.07) is 0.785. The Kier molecular flexibility index (Phi) is 3.26. The maximum Gasteiger partial charge on any atom is 0.248 e. The van der Waals surface area contributed by atoms with E-state index in [0.717, 1.165) is 17.3 Å². The number of fused-ring (bicyclic) bond motifs is 1. The van der Waals surface area contributed by atoms with Crippen molar-refractivity contribution in [3.63, 3.8) is 0 Å². The van der Waals surface area contributed by atoms with Crippen molar-refractivity contribution in [1.82, 2.24) is 9.62 Å². The highest BCUT2D eigenvalue weighted by molar-refractivity contribution is 7.89. The summed E-state index contributed by atoms with van der Waals surface area (Å²) in [6.07, 6.45) is 0.838. The van der Waals surface area contributed by atoms with Crippen LogP contribution in [0.5, 0.6) is 0 Å². The zero-order valence-corrected chi connectivity index (χ0v) is 11.3. The van der Waals surface area contributed by atoms with Crippen LogP contribution in [-0.2, 0) is 10.0 Å². The van der Waals surface area contributed by atoms with Crippen molar-refractivity contribution < 1.29 is 21.6 Å². The summed E-state index contributed by atoms with van der Waals surface area (Å²) in [7, 11) is -4.28. The lowest BCUT2D eigenvalue weighted by molar-refractivity contribution is 0.431. The van der Waals surface area contributed by atoms with Gasteiger partial charge in [-0.25, -0.2) is 21.6 Å². The second kappa shape index (κ2) is 4.71. The minimum Gasteiger partial charge on any atom is -0.312 e. The summed E-state index contributed by atoms with van der Waals surface area (Å²) in [5.41, 5.74) is 0. The molecule has 4 nitrogen and oxygen atoms in total. The van der Waals surface area contributed by atoms with E-state index >= 15 is 0 Å². The molecule has 2 fully saturated rings. The molecule has 0 aromatic heterocycles. The molecule has 0 unspecified atom stereocenters.